The Labute approximate surface area is 105 Å². The number of aliphatic hydroxyl groups is 1. The Bertz CT molecular complexity index is 426. The average Bonchev–Trinajstić information content (AvgIpc) is 2.15. The minimum Gasteiger partial charge on any atom is -0.385 e. The van der Waals surface area contributed by atoms with E-state index >= 15 is 0 Å². The molecule has 6 heteroatoms. The molecule has 96 valence electrons. The van der Waals surface area contributed by atoms with Gasteiger partial charge < -0.3 is 5.11 Å². The van der Waals surface area contributed by atoms with Gasteiger partial charge in [0.1, 0.15) is 5.82 Å². The van der Waals surface area contributed by atoms with Crippen LogP contribution in [0.4, 0.5) is 17.6 Å². The van der Waals surface area contributed by atoms with E-state index in [-0.39, 0.29) is 16.5 Å². The molecule has 0 spiro atoms. The zero-order valence-electron chi connectivity index (χ0n) is 9.20. The number of halogens is 5. The van der Waals surface area contributed by atoms with Crippen LogP contribution in [0.15, 0.2) is 16.6 Å². The maximum Gasteiger partial charge on any atom is 0.419 e. The summed E-state index contributed by atoms with van der Waals surface area (Å²) in [5, 5.41) is 9.91. The van der Waals surface area contributed by atoms with Crippen LogP contribution >= 0.6 is 15.9 Å². The van der Waals surface area contributed by atoms with Crippen LogP contribution in [0.3, 0.4) is 0 Å². The molecule has 0 amide bonds. The van der Waals surface area contributed by atoms with E-state index in [0.29, 0.717) is 6.07 Å². The highest BCUT2D eigenvalue weighted by Crippen LogP contribution is 2.39. The van der Waals surface area contributed by atoms with Gasteiger partial charge in [0, 0.05) is 10.0 Å². The Balaban J connectivity index is 3.51. The summed E-state index contributed by atoms with van der Waals surface area (Å²) in [7, 11) is 0. The molecule has 17 heavy (non-hydrogen) atoms. The average molecular weight is 315 g/mol. The van der Waals surface area contributed by atoms with Crippen molar-refractivity contribution in [2.45, 2.75) is 32.0 Å². The first-order valence-electron chi connectivity index (χ1n) is 4.89. The van der Waals surface area contributed by atoms with Gasteiger partial charge in [-0.15, -0.1) is 0 Å². The van der Waals surface area contributed by atoms with Gasteiger partial charge in [-0.3, -0.25) is 0 Å². The maximum atomic E-state index is 13.8. The summed E-state index contributed by atoms with van der Waals surface area (Å²) in [5.41, 5.74) is -3.39. The molecule has 0 aliphatic heterocycles. The quantitative estimate of drug-likeness (QED) is 0.810. The molecule has 0 radical (unpaired) electrons. The first kappa shape index (κ1) is 14.4. The Kier molecular flexibility index (Phi) is 3.88. The van der Waals surface area contributed by atoms with Crippen molar-refractivity contribution in [3.8, 4) is 0 Å². The van der Waals surface area contributed by atoms with E-state index in [0.717, 1.165) is 6.07 Å². The molecule has 0 heterocycles. The van der Waals surface area contributed by atoms with Crippen molar-refractivity contribution < 1.29 is 22.7 Å². The van der Waals surface area contributed by atoms with E-state index in [1.54, 1.807) is 6.92 Å². The van der Waals surface area contributed by atoms with Gasteiger partial charge >= 0.3 is 6.18 Å². The lowest BCUT2D eigenvalue weighted by Crippen LogP contribution is -2.24. The Hall–Kier alpha value is -0.620. The van der Waals surface area contributed by atoms with Gasteiger partial charge in [-0.25, -0.2) is 4.39 Å². The molecule has 1 rings (SSSR count). The number of benzene rings is 1. The third-order valence-electron chi connectivity index (χ3n) is 2.62. The van der Waals surface area contributed by atoms with Crippen LogP contribution in [-0.4, -0.2) is 5.11 Å². The highest BCUT2D eigenvalue weighted by Gasteiger charge is 2.38. The lowest BCUT2D eigenvalue weighted by molar-refractivity contribution is -0.140. The number of hydrogen-bond donors (Lipinski definition) is 1. The molecule has 0 aromatic heterocycles. The SMILES string of the molecule is CCC(C)(O)c1c(Br)ccc(C(F)(F)F)c1F. The first-order chi connectivity index (χ1) is 7.61. The third-order valence-corrected chi connectivity index (χ3v) is 3.28. The highest BCUT2D eigenvalue weighted by atomic mass is 79.9. The molecule has 0 saturated heterocycles. The molecule has 1 N–H and O–H groups in total. The summed E-state index contributed by atoms with van der Waals surface area (Å²) in [4.78, 5) is 0. The molecular formula is C11H11BrF4O. The van der Waals surface area contributed by atoms with Crippen LogP contribution in [0.2, 0.25) is 0 Å². The van der Waals surface area contributed by atoms with Crippen molar-refractivity contribution in [1.82, 2.24) is 0 Å². The molecule has 0 aliphatic carbocycles. The fraction of sp³-hybridized carbons (Fsp3) is 0.455. The van der Waals surface area contributed by atoms with E-state index in [4.69, 9.17) is 0 Å². The third kappa shape index (κ3) is 2.80. The molecule has 1 aromatic rings. The fourth-order valence-electron chi connectivity index (χ4n) is 1.44. The fourth-order valence-corrected chi connectivity index (χ4v) is 2.18. The summed E-state index contributed by atoms with van der Waals surface area (Å²) in [6, 6.07) is 1.74. The standard InChI is InChI=1S/C11H11BrF4O/c1-3-10(2,17)8-7(12)5-4-6(9(8)13)11(14,15)16/h4-5,17H,3H2,1-2H3. The molecule has 1 nitrogen and oxygen atoms in total. The van der Waals surface area contributed by atoms with Gasteiger partial charge in [-0.05, 0) is 25.5 Å². The number of alkyl halides is 3. The predicted octanol–water partition coefficient (Wildman–Crippen LogP) is 4.22. The molecule has 1 atom stereocenters. The van der Waals surface area contributed by atoms with E-state index < -0.39 is 23.2 Å². The maximum absolute atomic E-state index is 13.8. The zero-order chi connectivity index (χ0) is 13.4. The van der Waals surface area contributed by atoms with Crippen LogP contribution in [0.25, 0.3) is 0 Å². The number of hydrogen-bond acceptors (Lipinski definition) is 1. The molecular weight excluding hydrogens is 304 g/mol. The minimum absolute atomic E-state index is 0.101. The van der Waals surface area contributed by atoms with Crippen molar-refractivity contribution >= 4 is 15.9 Å². The second-order valence-corrected chi connectivity index (χ2v) is 4.76. The van der Waals surface area contributed by atoms with Gasteiger partial charge in [-0.1, -0.05) is 22.9 Å². The Morgan fingerprint density at radius 2 is 1.82 bits per heavy atom. The van der Waals surface area contributed by atoms with Crippen LogP contribution in [0.5, 0.6) is 0 Å². The van der Waals surface area contributed by atoms with Crippen LogP contribution < -0.4 is 0 Å². The van der Waals surface area contributed by atoms with E-state index in [2.05, 4.69) is 15.9 Å². The van der Waals surface area contributed by atoms with Gasteiger partial charge in [0.05, 0.1) is 11.2 Å². The normalized spacial score (nSPS) is 15.8. The van der Waals surface area contributed by atoms with Gasteiger partial charge in [0.25, 0.3) is 0 Å². The summed E-state index contributed by atoms with van der Waals surface area (Å²) in [6.07, 6.45) is -4.67. The van der Waals surface area contributed by atoms with Crippen molar-refractivity contribution in [1.29, 1.82) is 0 Å². The van der Waals surface area contributed by atoms with E-state index in [9.17, 15) is 22.7 Å². The van der Waals surface area contributed by atoms with E-state index in [1.165, 1.54) is 6.92 Å². The molecule has 0 aliphatic rings. The second kappa shape index (κ2) is 4.57. The highest BCUT2D eigenvalue weighted by molar-refractivity contribution is 9.10. The summed E-state index contributed by atoms with van der Waals surface area (Å²) >= 11 is 2.96. The lowest BCUT2D eigenvalue weighted by atomic mass is 9.91. The van der Waals surface area contributed by atoms with Crippen molar-refractivity contribution in [3.63, 3.8) is 0 Å². The first-order valence-corrected chi connectivity index (χ1v) is 5.68. The van der Waals surface area contributed by atoms with Crippen LogP contribution in [0, 0.1) is 5.82 Å². The predicted molar refractivity (Wildman–Crippen MR) is 59.0 cm³/mol. The molecule has 0 bridgehead atoms. The van der Waals surface area contributed by atoms with Crippen molar-refractivity contribution in [3.05, 3.63) is 33.5 Å². The van der Waals surface area contributed by atoms with Crippen LogP contribution in [-0.2, 0) is 11.8 Å². The van der Waals surface area contributed by atoms with E-state index in [1.807, 2.05) is 0 Å². The zero-order valence-corrected chi connectivity index (χ0v) is 10.8. The van der Waals surface area contributed by atoms with Gasteiger partial charge in [0.15, 0.2) is 0 Å². The van der Waals surface area contributed by atoms with Crippen molar-refractivity contribution in [2.24, 2.45) is 0 Å². The number of rotatable bonds is 2. The minimum atomic E-state index is -4.77. The molecule has 1 aromatic carbocycles. The Morgan fingerprint density at radius 3 is 2.24 bits per heavy atom. The van der Waals surface area contributed by atoms with Gasteiger partial charge in [0.2, 0.25) is 0 Å². The second-order valence-electron chi connectivity index (χ2n) is 3.91. The lowest BCUT2D eigenvalue weighted by Gasteiger charge is -2.25. The van der Waals surface area contributed by atoms with Crippen LogP contribution in [0.1, 0.15) is 31.4 Å². The molecule has 0 saturated carbocycles. The molecule has 1 unspecified atom stereocenters. The van der Waals surface area contributed by atoms with Crippen molar-refractivity contribution in [2.75, 3.05) is 0 Å². The summed E-state index contributed by atoms with van der Waals surface area (Å²) in [5.74, 6) is -1.43. The smallest absolute Gasteiger partial charge is 0.385 e. The Morgan fingerprint density at radius 1 is 1.29 bits per heavy atom. The largest absolute Gasteiger partial charge is 0.419 e. The van der Waals surface area contributed by atoms with Gasteiger partial charge in [-0.2, -0.15) is 13.2 Å². The summed E-state index contributed by atoms with van der Waals surface area (Å²) < 4.78 is 51.5. The topological polar surface area (TPSA) is 20.2 Å². The molecule has 0 fully saturated rings. The summed E-state index contributed by atoms with van der Waals surface area (Å²) in [6.45, 7) is 2.84. The monoisotopic (exact) mass is 314 g/mol.